The summed E-state index contributed by atoms with van der Waals surface area (Å²) in [6.45, 7) is 1.47. The van der Waals surface area contributed by atoms with Gasteiger partial charge in [-0.3, -0.25) is 0 Å². The van der Waals surface area contributed by atoms with Gasteiger partial charge < -0.3 is 10.1 Å². The van der Waals surface area contributed by atoms with Gasteiger partial charge in [0, 0.05) is 12.5 Å². The number of benzene rings is 1. The van der Waals surface area contributed by atoms with Gasteiger partial charge in [-0.25, -0.2) is 8.42 Å². The first kappa shape index (κ1) is 12.8. The largest absolute Gasteiger partial charge is 0.491 e. The molecular weight excluding hydrogens is 262 g/mol. The summed E-state index contributed by atoms with van der Waals surface area (Å²) < 4.78 is 28.7. The van der Waals surface area contributed by atoms with Crippen LogP contribution in [0, 0.1) is 5.92 Å². The Balaban J connectivity index is 1.67. The highest BCUT2D eigenvalue weighted by Crippen LogP contribution is 2.32. The Morgan fingerprint density at radius 1 is 1.37 bits per heavy atom. The molecule has 19 heavy (non-hydrogen) atoms. The maximum absolute atomic E-state index is 11.4. The third-order valence-electron chi connectivity index (χ3n) is 3.84. The van der Waals surface area contributed by atoms with Crippen LogP contribution in [0.15, 0.2) is 18.2 Å². The van der Waals surface area contributed by atoms with Crippen LogP contribution < -0.4 is 10.1 Å². The molecule has 2 aliphatic heterocycles. The van der Waals surface area contributed by atoms with Gasteiger partial charge in [0.1, 0.15) is 5.75 Å². The number of ether oxygens (including phenoxy) is 1. The molecule has 2 aliphatic rings. The molecule has 4 nitrogen and oxygen atoms in total. The van der Waals surface area contributed by atoms with Gasteiger partial charge >= 0.3 is 0 Å². The van der Waals surface area contributed by atoms with E-state index in [2.05, 4.69) is 11.4 Å². The monoisotopic (exact) mass is 281 g/mol. The minimum absolute atomic E-state index is 0.143. The van der Waals surface area contributed by atoms with Crippen LogP contribution in [0.4, 0.5) is 5.69 Å². The number of hydrogen-bond acceptors (Lipinski definition) is 4. The van der Waals surface area contributed by atoms with Crippen molar-refractivity contribution in [2.24, 2.45) is 5.92 Å². The Labute approximate surface area is 114 Å². The van der Waals surface area contributed by atoms with E-state index >= 15 is 0 Å². The molecule has 1 atom stereocenters. The molecule has 0 aliphatic carbocycles. The van der Waals surface area contributed by atoms with Crippen molar-refractivity contribution in [3.63, 3.8) is 0 Å². The van der Waals surface area contributed by atoms with E-state index in [1.807, 2.05) is 12.1 Å². The number of anilines is 1. The van der Waals surface area contributed by atoms with E-state index in [9.17, 15) is 8.42 Å². The highest BCUT2D eigenvalue weighted by molar-refractivity contribution is 7.91. The van der Waals surface area contributed by atoms with Gasteiger partial charge in [0.05, 0.1) is 23.8 Å². The van der Waals surface area contributed by atoms with Gasteiger partial charge in [0.2, 0.25) is 0 Å². The molecule has 0 aromatic heterocycles. The van der Waals surface area contributed by atoms with Crippen molar-refractivity contribution in [2.75, 3.05) is 30.0 Å². The van der Waals surface area contributed by atoms with Gasteiger partial charge in [-0.05, 0) is 30.9 Å². The lowest BCUT2D eigenvalue weighted by molar-refractivity contribution is 0.264. The van der Waals surface area contributed by atoms with Crippen LogP contribution in [-0.4, -0.2) is 33.1 Å². The summed E-state index contributed by atoms with van der Waals surface area (Å²) in [7, 11) is -2.81. The Bertz CT molecular complexity index is 568. The number of fused-ring (bicyclic) bond motifs is 1. The molecule has 0 saturated carbocycles. The highest BCUT2D eigenvalue weighted by Gasteiger charge is 2.28. The van der Waals surface area contributed by atoms with E-state index in [1.54, 1.807) is 0 Å². The summed E-state index contributed by atoms with van der Waals surface area (Å²) in [5.74, 6) is 1.59. The molecule has 0 bridgehead atoms. The average molecular weight is 281 g/mol. The highest BCUT2D eigenvalue weighted by atomic mass is 32.2. The molecule has 0 amide bonds. The molecule has 104 valence electrons. The van der Waals surface area contributed by atoms with Crippen LogP contribution in [0.5, 0.6) is 5.75 Å². The number of rotatable bonds is 3. The molecule has 0 radical (unpaired) electrons. The van der Waals surface area contributed by atoms with Crippen LogP contribution >= 0.6 is 0 Å². The fraction of sp³-hybridized carbons (Fsp3) is 0.571. The fourth-order valence-electron chi connectivity index (χ4n) is 2.81. The minimum Gasteiger partial charge on any atom is -0.491 e. The maximum Gasteiger partial charge on any atom is 0.150 e. The van der Waals surface area contributed by atoms with Crippen molar-refractivity contribution in [1.29, 1.82) is 0 Å². The van der Waals surface area contributed by atoms with Crippen molar-refractivity contribution < 1.29 is 13.2 Å². The molecule has 1 unspecified atom stereocenters. The van der Waals surface area contributed by atoms with E-state index in [4.69, 9.17) is 4.74 Å². The van der Waals surface area contributed by atoms with E-state index in [1.165, 1.54) is 5.56 Å². The van der Waals surface area contributed by atoms with Gasteiger partial charge in [0.15, 0.2) is 9.84 Å². The van der Waals surface area contributed by atoms with Crippen molar-refractivity contribution in [3.8, 4) is 5.75 Å². The lowest BCUT2D eigenvalue weighted by atomic mass is 10.0. The molecule has 1 aromatic rings. The fourth-order valence-corrected chi connectivity index (χ4v) is 4.65. The van der Waals surface area contributed by atoms with E-state index in [0.29, 0.717) is 12.4 Å². The summed E-state index contributed by atoms with van der Waals surface area (Å²) >= 11 is 0. The quantitative estimate of drug-likeness (QED) is 0.919. The first-order chi connectivity index (χ1) is 9.14. The molecule has 5 heteroatoms. The average Bonchev–Trinajstić information content (AvgIpc) is 2.76. The lowest BCUT2D eigenvalue weighted by Crippen LogP contribution is -2.16. The molecule has 1 fully saturated rings. The van der Waals surface area contributed by atoms with E-state index in [0.717, 1.165) is 37.2 Å². The first-order valence-electron chi connectivity index (χ1n) is 6.83. The zero-order valence-electron chi connectivity index (χ0n) is 10.9. The van der Waals surface area contributed by atoms with Crippen molar-refractivity contribution >= 4 is 15.5 Å². The molecule has 3 rings (SSSR count). The molecule has 1 aromatic carbocycles. The molecule has 0 spiro atoms. The van der Waals surface area contributed by atoms with Crippen LogP contribution in [0.3, 0.4) is 0 Å². The first-order valence-corrected chi connectivity index (χ1v) is 8.65. The second-order valence-electron chi connectivity index (χ2n) is 5.40. The Hall–Kier alpha value is -1.23. The zero-order chi connectivity index (χ0) is 13.3. The van der Waals surface area contributed by atoms with Crippen LogP contribution in [0.25, 0.3) is 0 Å². The molecular formula is C14H19NO3S. The minimum atomic E-state index is -2.81. The zero-order valence-corrected chi connectivity index (χ0v) is 11.7. The second-order valence-corrected chi connectivity index (χ2v) is 7.63. The Kier molecular flexibility index (Phi) is 3.39. The maximum atomic E-state index is 11.4. The molecule has 1 N–H and O–H groups in total. The number of para-hydroxylation sites is 1. The van der Waals surface area contributed by atoms with Gasteiger partial charge in [-0.15, -0.1) is 0 Å². The molecule has 2 heterocycles. The number of sulfone groups is 1. The SMILES string of the molecule is O=S1(=O)CCC(COc2cccc3c2NCCC3)C1. The second kappa shape index (κ2) is 5.04. The summed E-state index contributed by atoms with van der Waals surface area (Å²) in [5, 5.41) is 3.38. The van der Waals surface area contributed by atoms with E-state index < -0.39 is 9.84 Å². The third kappa shape index (κ3) is 2.86. The smallest absolute Gasteiger partial charge is 0.150 e. The summed E-state index contributed by atoms with van der Waals surface area (Å²) in [5.41, 5.74) is 2.39. The standard InChI is InChI=1S/C14H19NO3S/c16-19(17)8-6-11(10-19)9-18-13-5-1-3-12-4-2-7-15-14(12)13/h1,3,5,11,15H,2,4,6-10H2. The van der Waals surface area contributed by atoms with Gasteiger partial charge in [-0.1, -0.05) is 12.1 Å². The third-order valence-corrected chi connectivity index (χ3v) is 5.68. The Morgan fingerprint density at radius 2 is 2.26 bits per heavy atom. The van der Waals surface area contributed by atoms with Crippen molar-refractivity contribution in [1.82, 2.24) is 0 Å². The number of nitrogens with one attached hydrogen (secondary N) is 1. The summed E-state index contributed by atoms with van der Waals surface area (Å²) in [6.07, 6.45) is 2.96. The van der Waals surface area contributed by atoms with Crippen LogP contribution in [0.1, 0.15) is 18.4 Å². The predicted octanol–water partition coefficient (Wildman–Crippen LogP) is 1.86. The Morgan fingerprint density at radius 3 is 3.05 bits per heavy atom. The lowest BCUT2D eigenvalue weighted by Gasteiger charge is -2.21. The molecule has 1 saturated heterocycles. The van der Waals surface area contributed by atoms with Crippen molar-refractivity contribution in [3.05, 3.63) is 23.8 Å². The normalized spacial score (nSPS) is 24.5. The number of hydrogen-bond donors (Lipinski definition) is 1. The van der Waals surface area contributed by atoms with Gasteiger partial charge in [-0.2, -0.15) is 0 Å². The number of aryl methyl sites for hydroxylation is 1. The summed E-state index contributed by atoms with van der Waals surface area (Å²) in [4.78, 5) is 0. The van der Waals surface area contributed by atoms with E-state index in [-0.39, 0.29) is 11.7 Å². The summed E-state index contributed by atoms with van der Waals surface area (Å²) in [6, 6.07) is 6.08. The topological polar surface area (TPSA) is 55.4 Å². The van der Waals surface area contributed by atoms with Crippen molar-refractivity contribution in [2.45, 2.75) is 19.3 Å². The predicted molar refractivity (Wildman–Crippen MR) is 75.5 cm³/mol. The van der Waals surface area contributed by atoms with Gasteiger partial charge in [0.25, 0.3) is 0 Å². The van der Waals surface area contributed by atoms with Crippen LogP contribution in [0.2, 0.25) is 0 Å². The van der Waals surface area contributed by atoms with Crippen LogP contribution in [-0.2, 0) is 16.3 Å².